The Morgan fingerprint density at radius 1 is 1.17 bits per heavy atom. The molecule has 0 fully saturated rings. The van der Waals surface area contributed by atoms with Gasteiger partial charge in [-0.15, -0.1) is 0 Å². The molecule has 0 aromatic heterocycles. The molecular formula is C15H25NO2. The van der Waals surface area contributed by atoms with Gasteiger partial charge in [0.2, 0.25) is 0 Å². The van der Waals surface area contributed by atoms with Gasteiger partial charge in [0.25, 0.3) is 0 Å². The Balaban J connectivity index is 2.49. The molecule has 1 atom stereocenters. The minimum Gasteiger partial charge on any atom is -0.490 e. The highest BCUT2D eigenvalue weighted by molar-refractivity contribution is 5.39. The Bertz CT molecular complexity index is 341. The number of para-hydroxylation sites is 1. The van der Waals surface area contributed by atoms with E-state index >= 15 is 0 Å². The van der Waals surface area contributed by atoms with Gasteiger partial charge in [0.05, 0.1) is 0 Å². The Kier molecular flexibility index (Phi) is 6.16. The predicted molar refractivity (Wildman–Crippen MR) is 75.2 cm³/mol. The number of likely N-dealkylation sites (N-methyl/N-ethyl adjacent to an activating group) is 1. The highest BCUT2D eigenvalue weighted by Gasteiger charge is 2.11. The number of aryl methyl sites for hydroxylation is 2. The highest BCUT2D eigenvalue weighted by Crippen LogP contribution is 2.22. The quantitative estimate of drug-likeness (QED) is 0.807. The fraction of sp³-hybridized carbons (Fsp3) is 0.600. The van der Waals surface area contributed by atoms with Crippen molar-refractivity contribution >= 4 is 0 Å². The molecule has 1 N–H and O–H groups in total. The third kappa shape index (κ3) is 4.31. The van der Waals surface area contributed by atoms with Crippen molar-refractivity contribution in [3.05, 3.63) is 29.3 Å². The van der Waals surface area contributed by atoms with Crippen molar-refractivity contribution in [2.45, 2.75) is 33.8 Å². The molecule has 0 saturated heterocycles. The summed E-state index contributed by atoms with van der Waals surface area (Å²) in [6.07, 6.45) is -0.441. The van der Waals surface area contributed by atoms with E-state index in [9.17, 15) is 5.11 Å². The number of rotatable bonds is 7. The molecule has 0 amide bonds. The monoisotopic (exact) mass is 251 g/mol. The fourth-order valence-corrected chi connectivity index (χ4v) is 2.04. The lowest BCUT2D eigenvalue weighted by Crippen LogP contribution is -2.35. The average molecular weight is 251 g/mol. The van der Waals surface area contributed by atoms with Crippen molar-refractivity contribution in [3.63, 3.8) is 0 Å². The summed E-state index contributed by atoms with van der Waals surface area (Å²) in [6, 6.07) is 6.07. The zero-order chi connectivity index (χ0) is 13.5. The summed E-state index contributed by atoms with van der Waals surface area (Å²) in [7, 11) is 0. The number of ether oxygens (including phenoxy) is 1. The molecular weight excluding hydrogens is 226 g/mol. The van der Waals surface area contributed by atoms with Crippen molar-refractivity contribution in [3.8, 4) is 5.75 Å². The van der Waals surface area contributed by atoms with Crippen molar-refractivity contribution < 1.29 is 9.84 Å². The molecule has 3 nitrogen and oxygen atoms in total. The molecule has 1 aromatic rings. The molecule has 102 valence electrons. The lowest BCUT2D eigenvalue weighted by molar-refractivity contribution is 0.0711. The lowest BCUT2D eigenvalue weighted by atomic mass is 10.1. The Hall–Kier alpha value is -1.06. The van der Waals surface area contributed by atoms with Crippen LogP contribution < -0.4 is 4.74 Å². The van der Waals surface area contributed by atoms with Gasteiger partial charge in [0, 0.05) is 6.54 Å². The molecule has 0 spiro atoms. The number of aliphatic hydroxyl groups is 1. The van der Waals surface area contributed by atoms with Gasteiger partial charge in [-0.2, -0.15) is 0 Å². The third-order valence-corrected chi connectivity index (χ3v) is 3.19. The Morgan fingerprint density at radius 2 is 1.72 bits per heavy atom. The van der Waals surface area contributed by atoms with Crippen LogP contribution >= 0.6 is 0 Å². The fourth-order valence-electron chi connectivity index (χ4n) is 2.04. The minimum absolute atomic E-state index is 0.349. The number of benzene rings is 1. The normalized spacial score (nSPS) is 12.8. The second-order valence-corrected chi connectivity index (χ2v) is 4.67. The van der Waals surface area contributed by atoms with Crippen LogP contribution in [-0.2, 0) is 0 Å². The van der Waals surface area contributed by atoms with Gasteiger partial charge < -0.3 is 14.7 Å². The van der Waals surface area contributed by atoms with Gasteiger partial charge in [-0.3, -0.25) is 0 Å². The summed E-state index contributed by atoms with van der Waals surface area (Å²) in [5, 5.41) is 9.96. The van der Waals surface area contributed by atoms with E-state index in [-0.39, 0.29) is 0 Å². The molecule has 1 unspecified atom stereocenters. The number of hydrogen-bond acceptors (Lipinski definition) is 3. The van der Waals surface area contributed by atoms with Gasteiger partial charge >= 0.3 is 0 Å². The number of hydrogen-bond donors (Lipinski definition) is 1. The van der Waals surface area contributed by atoms with Gasteiger partial charge in [0.1, 0.15) is 18.5 Å². The molecule has 3 heteroatoms. The van der Waals surface area contributed by atoms with Crippen molar-refractivity contribution in [2.24, 2.45) is 0 Å². The van der Waals surface area contributed by atoms with Crippen LogP contribution in [0.15, 0.2) is 18.2 Å². The molecule has 0 heterocycles. The van der Waals surface area contributed by atoms with Gasteiger partial charge in [-0.25, -0.2) is 0 Å². The van der Waals surface area contributed by atoms with Crippen molar-refractivity contribution in [1.29, 1.82) is 0 Å². The molecule has 1 rings (SSSR count). The molecule has 0 bridgehead atoms. The van der Waals surface area contributed by atoms with Gasteiger partial charge in [-0.1, -0.05) is 32.0 Å². The molecule has 0 aliphatic carbocycles. The first kappa shape index (κ1) is 15.0. The van der Waals surface area contributed by atoms with E-state index in [1.165, 1.54) is 0 Å². The minimum atomic E-state index is -0.441. The number of nitrogens with zero attached hydrogens (tertiary/aromatic N) is 1. The molecule has 0 aliphatic heterocycles. The van der Waals surface area contributed by atoms with Gasteiger partial charge in [0.15, 0.2) is 0 Å². The second-order valence-electron chi connectivity index (χ2n) is 4.67. The van der Waals surface area contributed by atoms with Crippen LogP contribution in [0.5, 0.6) is 5.75 Å². The smallest absolute Gasteiger partial charge is 0.125 e. The molecule has 18 heavy (non-hydrogen) atoms. The summed E-state index contributed by atoms with van der Waals surface area (Å²) in [6.45, 7) is 11.2. The van der Waals surface area contributed by atoms with E-state index in [2.05, 4.69) is 18.7 Å². The maximum Gasteiger partial charge on any atom is 0.125 e. The Labute approximate surface area is 110 Å². The largest absolute Gasteiger partial charge is 0.490 e. The first-order chi connectivity index (χ1) is 8.58. The zero-order valence-electron chi connectivity index (χ0n) is 11.9. The summed E-state index contributed by atoms with van der Waals surface area (Å²) in [5.74, 6) is 0.899. The molecule has 1 aromatic carbocycles. The van der Waals surface area contributed by atoms with Crippen LogP contribution in [0, 0.1) is 13.8 Å². The van der Waals surface area contributed by atoms with E-state index < -0.39 is 6.10 Å². The molecule has 0 radical (unpaired) electrons. The maximum absolute atomic E-state index is 9.96. The first-order valence-corrected chi connectivity index (χ1v) is 6.67. The van der Waals surface area contributed by atoms with Crippen LogP contribution in [0.1, 0.15) is 25.0 Å². The molecule has 0 aliphatic rings. The van der Waals surface area contributed by atoms with E-state index in [0.29, 0.717) is 13.2 Å². The van der Waals surface area contributed by atoms with E-state index in [4.69, 9.17) is 4.74 Å². The summed E-state index contributed by atoms with van der Waals surface area (Å²) in [5.41, 5.74) is 2.23. The van der Waals surface area contributed by atoms with E-state index in [1.807, 2.05) is 32.0 Å². The zero-order valence-corrected chi connectivity index (χ0v) is 11.9. The predicted octanol–water partition coefficient (Wildman–Crippen LogP) is 2.38. The average Bonchev–Trinajstić information content (AvgIpc) is 2.35. The van der Waals surface area contributed by atoms with Crippen LogP contribution in [0.25, 0.3) is 0 Å². The Morgan fingerprint density at radius 3 is 2.22 bits per heavy atom. The SMILES string of the molecule is CCN(CC)CC(O)COc1c(C)cccc1C. The van der Waals surface area contributed by atoms with E-state index in [0.717, 1.165) is 30.0 Å². The standard InChI is InChI=1S/C15H25NO2/c1-5-16(6-2)10-14(17)11-18-15-12(3)8-7-9-13(15)4/h7-9,14,17H,5-6,10-11H2,1-4H3. The highest BCUT2D eigenvalue weighted by atomic mass is 16.5. The van der Waals surface area contributed by atoms with Crippen LogP contribution in [0.2, 0.25) is 0 Å². The van der Waals surface area contributed by atoms with Crippen LogP contribution in [0.3, 0.4) is 0 Å². The third-order valence-electron chi connectivity index (χ3n) is 3.19. The second kappa shape index (κ2) is 7.39. The topological polar surface area (TPSA) is 32.7 Å². The summed E-state index contributed by atoms with van der Waals surface area (Å²) in [4.78, 5) is 2.19. The van der Waals surface area contributed by atoms with Crippen molar-refractivity contribution in [2.75, 3.05) is 26.2 Å². The van der Waals surface area contributed by atoms with Crippen LogP contribution in [-0.4, -0.2) is 42.4 Å². The summed E-state index contributed by atoms with van der Waals surface area (Å²) < 4.78 is 5.74. The first-order valence-electron chi connectivity index (χ1n) is 6.67. The van der Waals surface area contributed by atoms with Gasteiger partial charge in [-0.05, 0) is 38.1 Å². The number of aliphatic hydroxyl groups excluding tert-OH is 1. The van der Waals surface area contributed by atoms with Crippen molar-refractivity contribution in [1.82, 2.24) is 4.90 Å². The van der Waals surface area contributed by atoms with E-state index in [1.54, 1.807) is 0 Å². The maximum atomic E-state index is 9.96. The van der Waals surface area contributed by atoms with Crippen LogP contribution in [0.4, 0.5) is 0 Å². The lowest BCUT2D eigenvalue weighted by Gasteiger charge is -2.22. The molecule has 0 saturated carbocycles. The summed E-state index contributed by atoms with van der Waals surface area (Å²) >= 11 is 0.